The Labute approximate surface area is 385 Å². The number of benzene rings is 5. The standard InChI is InChI=1S/C48H47ClN3O13P/c1-47(2,3)63-46(55)62-42-41(65-66(56,57)64-38-19-13-12-18-37(38)49)39(61-44(42)52-29-28-40(51-45(52)54)50-43(53)31-14-8-6-9-15-31)30-60-48(32-16-10-7-11-17-32,33-20-24-35(58-4)25-21-33)34-22-26-36(59-5)27-23-34/h6-29,39,41-42,44H,30H2,1-5H3,(H,56,57)(H,50,51,53,54)/t39-,41-,42-,44-/m1/s1. The van der Waals surface area contributed by atoms with E-state index in [0.29, 0.717) is 33.8 Å². The molecule has 0 spiro atoms. The number of anilines is 1. The number of hydrogen-bond acceptors (Lipinski definition) is 13. The van der Waals surface area contributed by atoms with Crippen LogP contribution in [-0.4, -0.2) is 71.2 Å². The van der Waals surface area contributed by atoms with Gasteiger partial charge >= 0.3 is 19.7 Å². The van der Waals surface area contributed by atoms with Crippen molar-refractivity contribution in [3.05, 3.63) is 183 Å². The fourth-order valence-corrected chi connectivity index (χ4v) is 8.50. The molecule has 0 saturated carbocycles. The van der Waals surface area contributed by atoms with Crippen LogP contribution in [0.25, 0.3) is 0 Å². The minimum atomic E-state index is -5.22. The number of carbonyl (C=O) groups excluding carboxylic acids is 2. The van der Waals surface area contributed by atoms with E-state index in [4.69, 9.17) is 49.1 Å². The van der Waals surface area contributed by atoms with E-state index in [-0.39, 0.29) is 16.6 Å². The zero-order chi connectivity index (χ0) is 47.1. The number of nitrogens with zero attached hydrogens (tertiary/aromatic N) is 2. The van der Waals surface area contributed by atoms with Gasteiger partial charge in [0.05, 0.1) is 25.8 Å². The quantitative estimate of drug-likeness (QED) is 0.0531. The monoisotopic (exact) mass is 939 g/mol. The van der Waals surface area contributed by atoms with Crippen molar-refractivity contribution in [2.75, 3.05) is 26.1 Å². The lowest BCUT2D eigenvalue weighted by atomic mass is 9.80. The molecule has 6 aromatic rings. The molecule has 1 aliphatic rings. The third-order valence-electron chi connectivity index (χ3n) is 10.2. The third kappa shape index (κ3) is 11.1. The number of nitrogens with one attached hydrogen (secondary N) is 1. The molecule has 2 N–H and O–H groups in total. The number of amides is 1. The largest absolute Gasteiger partial charge is 0.527 e. The van der Waals surface area contributed by atoms with Gasteiger partial charge in [0.1, 0.15) is 46.5 Å². The van der Waals surface area contributed by atoms with E-state index in [9.17, 15) is 23.8 Å². The summed E-state index contributed by atoms with van der Waals surface area (Å²) in [7, 11) is -2.12. The Morgan fingerprint density at radius 1 is 0.788 bits per heavy atom. The summed E-state index contributed by atoms with van der Waals surface area (Å²) < 4.78 is 62.6. The molecule has 0 aliphatic carbocycles. The van der Waals surface area contributed by atoms with Crippen molar-refractivity contribution in [2.24, 2.45) is 0 Å². The Kier molecular flexibility index (Phi) is 14.6. The fourth-order valence-electron chi connectivity index (χ4n) is 7.26. The van der Waals surface area contributed by atoms with Crippen LogP contribution in [-0.2, 0) is 33.6 Å². The van der Waals surface area contributed by atoms with Crippen molar-refractivity contribution in [3.63, 3.8) is 0 Å². The van der Waals surface area contributed by atoms with E-state index >= 15 is 0 Å². The lowest BCUT2D eigenvalue weighted by molar-refractivity contribution is -0.0978. The number of rotatable bonds is 16. The molecule has 1 unspecified atom stereocenters. The topological polar surface area (TPSA) is 192 Å². The van der Waals surface area contributed by atoms with E-state index in [1.165, 1.54) is 30.5 Å². The van der Waals surface area contributed by atoms with Gasteiger partial charge < -0.3 is 38.3 Å². The molecule has 1 fully saturated rings. The highest BCUT2D eigenvalue weighted by atomic mass is 35.5. The second kappa shape index (κ2) is 20.3. The van der Waals surface area contributed by atoms with Crippen LogP contribution in [0.1, 0.15) is 54.0 Å². The van der Waals surface area contributed by atoms with Gasteiger partial charge in [-0.1, -0.05) is 96.5 Å². The van der Waals surface area contributed by atoms with Gasteiger partial charge in [0.2, 0.25) is 0 Å². The van der Waals surface area contributed by atoms with Crippen molar-refractivity contribution in [1.82, 2.24) is 9.55 Å². The molecule has 0 radical (unpaired) electrons. The molecule has 5 atom stereocenters. The molecule has 2 heterocycles. The van der Waals surface area contributed by atoms with E-state index in [1.54, 1.807) is 95.7 Å². The Hall–Kier alpha value is -6.52. The minimum Gasteiger partial charge on any atom is -0.497 e. The molecule has 1 amide bonds. The first kappa shape index (κ1) is 47.4. The summed E-state index contributed by atoms with van der Waals surface area (Å²) >= 11 is 6.32. The molecule has 1 saturated heterocycles. The van der Waals surface area contributed by atoms with Crippen LogP contribution in [0, 0.1) is 0 Å². The number of carbonyl (C=O) groups is 2. The number of para-hydroxylation sites is 1. The van der Waals surface area contributed by atoms with Crippen molar-refractivity contribution in [3.8, 4) is 17.2 Å². The van der Waals surface area contributed by atoms with Crippen molar-refractivity contribution < 1.29 is 56.5 Å². The maximum Gasteiger partial charge on any atom is 0.527 e. The highest BCUT2D eigenvalue weighted by molar-refractivity contribution is 7.47. The molecule has 344 valence electrons. The van der Waals surface area contributed by atoms with E-state index in [1.807, 2.05) is 54.6 Å². The first-order valence-electron chi connectivity index (χ1n) is 20.5. The normalized spacial score (nSPS) is 18.1. The minimum absolute atomic E-state index is 0.000983. The number of halogens is 1. The maximum absolute atomic E-state index is 14.1. The first-order chi connectivity index (χ1) is 31.6. The Bertz CT molecular complexity index is 2670. The zero-order valence-corrected chi connectivity index (χ0v) is 38.1. The number of phosphoric acid groups is 1. The van der Waals surface area contributed by atoms with Crippen LogP contribution in [0.5, 0.6) is 17.2 Å². The molecule has 1 aromatic heterocycles. The van der Waals surface area contributed by atoms with Gasteiger partial charge in [-0.15, -0.1) is 0 Å². The highest BCUT2D eigenvalue weighted by Crippen LogP contribution is 2.51. The predicted molar refractivity (Wildman–Crippen MR) is 243 cm³/mol. The SMILES string of the molecule is COc1ccc(C(OC[C@H]2O[C@@H](n3ccc(NC(=O)c4ccccc4)nc3=O)[C@H](OC(=O)OC(C)(C)C)[C@@H]2OP(=O)(O)Oc2ccccc2Cl)(c2ccccc2)c2ccc(OC)cc2)cc1. The van der Waals surface area contributed by atoms with Gasteiger partial charge in [0.25, 0.3) is 5.91 Å². The molecule has 16 nitrogen and oxygen atoms in total. The van der Waals surface area contributed by atoms with Gasteiger partial charge in [-0.3, -0.25) is 18.8 Å². The summed E-state index contributed by atoms with van der Waals surface area (Å²) in [6.07, 6.45) is -6.45. The second-order valence-electron chi connectivity index (χ2n) is 15.8. The number of ether oxygens (including phenoxy) is 6. The highest BCUT2D eigenvalue weighted by Gasteiger charge is 2.54. The van der Waals surface area contributed by atoms with Crippen LogP contribution < -0.4 is 25.0 Å². The summed E-state index contributed by atoms with van der Waals surface area (Å²) in [5, 5.41) is 2.59. The van der Waals surface area contributed by atoms with E-state index < -0.39 is 67.9 Å². The van der Waals surface area contributed by atoms with Gasteiger partial charge in [-0.25, -0.2) is 14.2 Å². The molecular formula is C48H47ClN3O13P. The summed E-state index contributed by atoms with van der Waals surface area (Å²) in [6.45, 7) is 4.37. The van der Waals surface area contributed by atoms with Gasteiger partial charge in [-0.05, 0) is 92.1 Å². The Balaban J connectivity index is 1.34. The Morgan fingerprint density at radius 2 is 1.35 bits per heavy atom. The molecule has 18 heteroatoms. The molecule has 66 heavy (non-hydrogen) atoms. The van der Waals surface area contributed by atoms with Crippen molar-refractivity contribution in [1.29, 1.82) is 0 Å². The predicted octanol–water partition coefficient (Wildman–Crippen LogP) is 8.96. The Morgan fingerprint density at radius 3 is 1.91 bits per heavy atom. The average molecular weight is 940 g/mol. The molecule has 7 rings (SSSR count). The summed E-state index contributed by atoms with van der Waals surface area (Å²) in [6, 6.07) is 39.3. The molecule has 1 aliphatic heterocycles. The average Bonchev–Trinajstić information content (AvgIpc) is 3.62. The van der Waals surface area contributed by atoms with E-state index in [2.05, 4.69) is 10.3 Å². The number of methoxy groups -OCH3 is 2. The molecule has 5 aromatic carbocycles. The zero-order valence-electron chi connectivity index (χ0n) is 36.4. The number of phosphoric ester groups is 1. The van der Waals surface area contributed by atoms with Crippen LogP contribution in [0.15, 0.2) is 151 Å². The molecular weight excluding hydrogens is 893 g/mol. The van der Waals surface area contributed by atoms with Crippen LogP contribution in [0.2, 0.25) is 5.02 Å². The molecule has 0 bridgehead atoms. The smallest absolute Gasteiger partial charge is 0.497 e. The lowest BCUT2D eigenvalue weighted by Gasteiger charge is -2.37. The summed E-state index contributed by atoms with van der Waals surface area (Å²) in [5.41, 5.74) is -1.21. The second-order valence-corrected chi connectivity index (χ2v) is 17.5. The van der Waals surface area contributed by atoms with Gasteiger partial charge in [0, 0.05) is 11.8 Å². The number of hydrogen-bond donors (Lipinski definition) is 2. The van der Waals surface area contributed by atoms with Crippen LogP contribution >= 0.6 is 19.4 Å². The van der Waals surface area contributed by atoms with Crippen molar-refractivity contribution in [2.45, 2.75) is 56.5 Å². The summed E-state index contributed by atoms with van der Waals surface area (Å²) in [4.78, 5) is 56.0. The van der Waals surface area contributed by atoms with Crippen LogP contribution in [0.3, 0.4) is 0 Å². The number of aromatic nitrogens is 2. The van der Waals surface area contributed by atoms with Crippen molar-refractivity contribution >= 4 is 37.3 Å². The lowest BCUT2D eigenvalue weighted by Crippen LogP contribution is -2.43. The first-order valence-corrected chi connectivity index (χ1v) is 22.4. The van der Waals surface area contributed by atoms with E-state index in [0.717, 1.165) is 4.57 Å². The summed E-state index contributed by atoms with van der Waals surface area (Å²) in [5.74, 6) is 0.348. The third-order valence-corrected chi connectivity index (χ3v) is 11.5. The van der Waals surface area contributed by atoms with Gasteiger partial charge in [-0.2, -0.15) is 4.98 Å². The maximum atomic E-state index is 14.1. The fraction of sp³-hybridized carbons (Fsp3) is 0.250. The van der Waals surface area contributed by atoms with Gasteiger partial charge in [0.15, 0.2) is 12.3 Å². The van der Waals surface area contributed by atoms with Crippen LogP contribution in [0.4, 0.5) is 10.6 Å².